The van der Waals surface area contributed by atoms with Crippen LogP contribution in [0.15, 0.2) is 11.1 Å². The molecule has 8 heteroatoms. The number of hydrogen-bond acceptors (Lipinski definition) is 4. The van der Waals surface area contributed by atoms with Crippen LogP contribution in [0.2, 0.25) is 0 Å². The smallest absolute Gasteiger partial charge is 0.232 e. The van der Waals surface area contributed by atoms with Gasteiger partial charge in [0.05, 0.1) is 5.56 Å². The first-order chi connectivity index (χ1) is 7.27. The molecule has 0 radical (unpaired) electrons. The van der Waals surface area contributed by atoms with E-state index in [9.17, 15) is 17.2 Å². The van der Waals surface area contributed by atoms with E-state index < -0.39 is 26.2 Å². The van der Waals surface area contributed by atoms with Crippen LogP contribution in [-0.2, 0) is 9.05 Å². The van der Waals surface area contributed by atoms with Gasteiger partial charge in [0, 0.05) is 10.7 Å². The largest absolute Gasteiger partial charge is 0.281 e. The van der Waals surface area contributed by atoms with E-state index in [1.165, 1.54) is 13.0 Å². The molecule has 0 unspecified atom stereocenters. The predicted octanol–water partition coefficient (Wildman–Crippen LogP) is 2.13. The molecule has 0 amide bonds. The molecule has 0 aliphatic rings. The molecule has 1 rings (SSSR count). The highest BCUT2D eigenvalue weighted by atomic mass is 35.7. The third-order valence-corrected chi connectivity index (χ3v) is 3.07. The third kappa shape index (κ3) is 2.46. The van der Waals surface area contributed by atoms with Gasteiger partial charge >= 0.3 is 0 Å². The average molecular weight is 267 g/mol. The summed E-state index contributed by atoms with van der Waals surface area (Å²) in [6, 6.07) is 2.53. The molecule has 0 aliphatic heterocycles. The molecule has 1 aromatic heterocycles. The first-order valence-corrected chi connectivity index (χ1v) is 6.22. The monoisotopic (exact) mass is 266 g/mol. The Labute approximate surface area is 94.9 Å². The van der Waals surface area contributed by atoms with Gasteiger partial charge in [-0.3, -0.25) is 0 Å². The van der Waals surface area contributed by atoms with Crippen molar-refractivity contribution in [3.63, 3.8) is 0 Å². The van der Waals surface area contributed by atoms with Crippen molar-refractivity contribution in [3.8, 4) is 6.07 Å². The Bertz CT molecular complexity index is 566. The first kappa shape index (κ1) is 12.8. The fourth-order valence-electron chi connectivity index (χ4n) is 1.11. The molecule has 0 bridgehead atoms. The molecular formula is C8H5ClF2N2O2S. The fraction of sp³-hybridized carbons (Fsp3) is 0.250. The maximum atomic E-state index is 12.5. The Morgan fingerprint density at radius 3 is 2.50 bits per heavy atom. The molecule has 86 valence electrons. The summed E-state index contributed by atoms with van der Waals surface area (Å²) in [7, 11) is 0.822. The number of hydrogen-bond donors (Lipinski definition) is 0. The zero-order chi connectivity index (χ0) is 12.5. The summed E-state index contributed by atoms with van der Waals surface area (Å²) in [5.41, 5.74) is -1.19. The second kappa shape index (κ2) is 4.31. The van der Waals surface area contributed by atoms with Crippen molar-refractivity contribution < 1.29 is 17.2 Å². The highest BCUT2D eigenvalue weighted by molar-refractivity contribution is 8.13. The number of nitrogens with zero attached hydrogens (tertiary/aromatic N) is 2. The molecule has 0 aliphatic carbocycles. The minimum Gasteiger partial charge on any atom is -0.232 e. The standard InChI is InChI=1S/C8H5ClF2N2O2S/c1-4-2-5(3-12)6(7(10)11)13-8(4)16(9,14)15/h2,7H,1H3. The summed E-state index contributed by atoms with van der Waals surface area (Å²) >= 11 is 0. The molecule has 16 heavy (non-hydrogen) atoms. The van der Waals surface area contributed by atoms with Gasteiger partial charge in [-0.2, -0.15) is 5.26 Å². The Morgan fingerprint density at radius 2 is 2.12 bits per heavy atom. The molecule has 0 saturated carbocycles. The lowest BCUT2D eigenvalue weighted by Crippen LogP contribution is -2.05. The normalized spacial score (nSPS) is 11.5. The van der Waals surface area contributed by atoms with Crippen molar-refractivity contribution in [2.24, 2.45) is 0 Å². The first-order valence-electron chi connectivity index (χ1n) is 3.92. The van der Waals surface area contributed by atoms with Crippen LogP contribution in [0, 0.1) is 18.3 Å². The van der Waals surface area contributed by atoms with Gasteiger partial charge in [-0.25, -0.2) is 22.2 Å². The van der Waals surface area contributed by atoms with Gasteiger partial charge in [0.15, 0.2) is 5.03 Å². The molecule has 0 fully saturated rings. The Morgan fingerprint density at radius 1 is 1.56 bits per heavy atom. The van der Waals surface area contributed by atoms with E-state index in [2.05, 4.69) is 4.98 Å². The summed E-state index contributed by atoms with van der Waals surface area (Å²) in [5, 5.41) is 7.93. The van der Waals surface area contributed by atoms with E-state index in [-0.39, 0.29) is 11.1 Å². The van der Waals surface area contributed by atoms with E-state index in [1.807, 2.05) is 0 Å². The molecule has 1 aromatic rings. The third-order valence-electron chi connectivity index (χ3n) is 1.75. The molecule has 0 aromatic carbocycles. The van der Waals surface area contributed by atoms with Crippen LogP contribution < -0.4 is 0 Å². The zero-order valence-electron chi connectivity index (χ0n) is 7.91. The molecule has 0 saturated heterocycles. The van der Waals surface area contributed by atoms with E-state index in [0.717, 1.165) is 6.07 Å². The topological polar surface area (TPSA) is 70.8 Å². The van der Waals surface area contributed by atoms with Gasteiger partial charge in [-0.05, 0) is 18.6 Å². The summed E-state index contributed by atoms with van der Waals surface area (Å²) < 4.78 is 46.9. The van der Waals surface area contributed by atoms with E-state index in [1.54, 1.807) is 0 Å². The van der Waals surface area contributed by atoms with Crippen LogP contribution in [0.25, 0.3) is 0 Å². The van der Waals surface area contributed by atoms with Crippen molar-refractivity contribution in [1.82, 2.24) is 4.98 Å². The highest BCUT2D eigenvalue weighted by Gasteiger charge is 2.22. The fourth-order valence-corrected chi connectivity index (χ4v) is 2.23. The minimum atomic E-state index is -4.20. The van der Waals surface area contributed by atoms with E-state index >= 15 is 0 Å². The van der Waals surface area contributed by atoms with Crippen molar-refractivity contribution in [3.05, 3.63) is 22.9 Å². The predicted molar refractivity (Wildman–Crippen MR) is 51.7 cm³/mol. The highest BCUT2D eigenvalue weighted by Crippen LogP contribution is 2.26. The minimum absolute atomic E-state index is 0.0518. The lowest BCUT2D eigenvalue weighted by atomic mass is 10.1. The van der Waals surface area contributed by atoms with Crippen LogP contribution in [0.1, 0.15) is 23.2 Å². The van der Waals surface area contributed by atoms with E-state index in [0.29, 0.717) is 0 Å². The van der Waals surface area contributed by atoms with Gasteiger partial charge in [0.25, 0.3) is 15.5 Å². The summed E-state index contributed by atoms with van der Waals surface area (Å²) in [6.07, 6.45) is -3.03. The van der Waals surface area contributed by atoms with Gasteiger partial charge in [0.1, 0.15) is 11.8 Å². The number of nitriles is 1. The van der Waals surface area contributed by atoms with Crippen molar-refractivity contribution >= 4 is 19.7 Å². The zero-order valence-corrected chi connectivity index (χ0v) is 9.48. The molecule has 0 spiro atoms. The second-order valence-corrected chi connectivity index (χ2v) is 5.37. The molecular weight excluding hydrogens is 262 g/mol. The molecule has 1 heterocycles. The van der Waals surface area contributed by atoms with Crippen molar-refractivity contribution in [2.45, 2.75) is 18.4 Å². The van der Waals surface area contributed by atoms with Crippen molar-refractivity contribution in [1.29, 1.82) is 5.26 Å². The Balaban J connectivity index is 3.60. The summed E-state index contributed by atoms with van der Waals surface area (Å²) in [6.45, 7) is 1.32. The van der Waals surface area contributed by atoms with E-state index in [4.69, 9.17) is 15.9 Å². The van der Waals surface area contributed by atoms with Gasteiger partial charge in [0.2, 0.25) is 0 Å². The van der Waals surface area contributed by atoms with Crippen LogP contribution in [-0.4, -0.2) is 13.4 Å². The number of pyridine rings is 1. The lowest BCUT2D eigenvalue weighted by molar-refractivity contribution is 0.145. The number of halogens is 3. The number of aromatic nitrogens is 1. The van der Waals surface area contributed by atoms with Crippen LogP contribution >= 0.6 is 10.7 Å². The van der Waals surface area contributed by atoms with Crippen LogP contribution in [0.3, 0.4) is 0 Å². The SMILES string of the molecule is Cc1cc(C#N)c(C(F)F)nc1S(=O)(=O)Cl. The quantitative estimate of drug-likeness (QED) is 0.769. The Hall–Kier alpha value is -1.26. The van der Waals surface area contributed by atoms with Crippen molar-refractivity contribution in [2.75, 3.05) is 0 Å². The number of aryl methyl sites for hydroxylation is 1. The van der Waals surface area contributed by atoms with Crippen LogP contribution in [0.5, 0.6) is 0 Å². The lowest BCUT2D eigenvalue weighted by Gasteiger charge is -2.06. The summed E-state index contributed by atoms with van der Waals surface area (Å²) in [5.74, 6) is 0. The number of alkyl halides is 2. The molecule has 4 nitrogen and oxygen atoms in total. The summed E-state index contributed by atoms with van der Waals surface area (Å²) in [4.78, 5) is 3.22. The van der Waals surface area contributed by atoms with Gasteiger partial charge in [-0.15, -0.1) is 0 Å². The molecule has 0 atom stereocenters. The van der Waals surface area contributed by atoms with Gasteiger partial charge < -0.3 is 0 Å². The maximum absolute atomic E-state index is 12.5. The second-order valence-electron chi connectivity index (χ2n) is 2.89. The Kier molecular flexibility index (Phi) is 3.45. The van der Waals surface area contributed by atoms with Crippen LogP contribution in [0.4, 0.5) is 8.78 Å². The van der Waals surface area contributed by atoms with Gasteiger partial charge in [-0.1, -0.05) is 0 Å². The molecule has 0 N–H and O–H groups in total. The maximum Gasteiger partial charge on any atom is 0.281 e. The average Bonchev–Trinajstić information content (AvgIpc) is 2.14. The number of rotatable bonds is 2.